The third-order valence-corrected chi connectivity index (χ3v) is 5.60. The molecule has 20 heavy (non-hydrogen) atoms. The minimum atomic E-state index is -3.76. The third-order valence-electron chi connectivity index (χ3n) is 2.85. The average molecular weight is 382 g/mol. The van der Waals surface area contributed by atoms with Gasteiger partial charge in [-0.05, 0) is 53.9 Å². The van der Waals surface area contributed by atoms with Crippen LogP contribution in [0.4, 0.5) is 0 Å². The Hall–Kier alpha value is -0.630. The van der Waals surface area contributed by atoms with Crippen molar-refractivity contribution in [2.75, 3.05) is 0 Å². The minimum Gasteiger partial charge on any atom is -0.352 e. The van der Waals surface area contributed by atoms with E-state index >= 15 is 0 Å². The summed E-state index contributed by atoms with van der Waals surface area (Å²) in [5.41, 5.74) is 0. The Morgan fingerprint density at radius 2 is 2.10 bits per heavy atom. The maximum atomic E-state index is 12.2. The van der Waals surface area contributed by atoms with E-state index in [1.165, 1.54) is 25.1 Å². The first-order chi connectivity index (χ1) is 9.29. The normalized spacial score (nSPS) is 16.8. The van der Waals surface area contributed by atoms with Crippen LogP contribution in [0.5, 0.6) is 0 Å². The van der Waals surface area contributed by atoms with Gasteiger partial charge in [0, 0.05) is 10.5 Å². The quantitative estimate of drug-likeness (QED) is 0.819. The van der Waals surface area contributed by atoms with Gasteiger partial charge in [-0.2, -0.15) is 4.72 Å². The first-order valence-electron chi connectivity index (χ1n) is 6.07. The van der Waals surface area contributed by atoms with Crippen molar-refractivity contribution in [2.45, 2.75) is 36.7 Å². The number of benzene rings is 1. The lowest BCUT2D eigenvalue weighted by atomic mass is 10.3. The molecule has 0 aliphatic heterocycles. The third kappa shape index (κ3) is 3.94. The molecular weight excluding hydrogens is 368 g/mol. The molecule has 1 saturated carbocycles. The maximum Gasteiger partial charge on any atom is 0.241 e. The smallest absolute Gasteiger partial charge is 0.241 e. The highest BCUT2D eigenvalue weighted by molar-refractivity contribution is 9.10. The Kier molecular flexibility index (Phi) is 4.73. The number of carbonyl (C=O) groups is 1. The lowest BCUT2D eigenvalue weighted by Crippen LogP contribution is -2.45. The number of nitrogens with one attached hydrogen (secondary N) is 2. The molecule has 5 nitrogen and oxygen atoms in total. The summed E-state index contributed by atoms with van der Waals surface area (Å²) in [5, 5.41) is 3.17. The molecule has 0 saturated heterocycles. The highest BCUT2D eigenvalue weighted by Crippen LogP contribution is 2.25. The second-order valence-electron chi connectivity index (χ2n) is 4.70. The van der Waals surface area contributed by atoms with E-state index in [4.69, 9.17) is 11.6 Å². The summed E-state index contributed by atoms with van der Waals surface area (Å²) in [7, 11) is -3.76. The van der Waals surface area contributed by atoms with Crippen molar-refractivity contribution in [1.29, 1.82) is 0 Å². The molecule has 1 aliphatic carbocycles. The van der Waals surface area contributed by atoms with E-state index in [9.17, 15) is 13.2 Å². The molecular formula is C12H14BrClN2O3S. The molecule has 110 valence electrons. The fraction of sp³-hybridized carbons (Fsp3) is 0.417. The van der Waals surface area contributed by atoms with Gasteiger partial charge in [-0.15, -0.1) is 0 Å². The summed E-state index contributed by atoms with van der Waals surface area (Å²) in [6.07, 6.45) is 1.91. The van der Waals surface area contributed by atoms with Crippen LogP contribution in [0.15, 0.2) is 27.6 Å². The summed E-state index contributed by atoms with van der Waals surface area (Å²) in [6, 6.07) is 3.64. The molecule has 1 aromatic rings. The van der Waals surface area contributed by atoms with E-state index < -0.39 is 16.1 Å². The zero-order valence-electron chi connectivity index (χ0n) is 10.7. The van der Waals surface area contributed by atoms with Crippen LogP contribution in [0.2, 0.25) is 5.02 Å². The van der Waals surface area contributed by atoms with E-state index in [0.29, 0.717) is 9.50 Å². The van der Waals surface area contributed by atoms with Crippen LogP contribution in [0.3, 0.4) is 0 Å². The largest absolute Gasteiger partial charge is 0.352 e. The van der Waals surface area contributed by atoms with E-state index in [-0.39, 0.29) is 16.8 Å². The Bertz CT molecular complexity index is 632. The SMILES string of the molecule is CC(NS(=O)(=O)c1ccc(Cl)c(Br)c1)C(=O)NC1CC1. The summed E-state index contributed by atoms with van der Waals surface area (Å²) in [5.74, 6) is -0.316. The predicted molar refractivity (Wildman–Crippen MR) is 80.1 cm³/mol. The molecule has 0 bridgehead atoms. The van der Waals surface area contributed by atoms with Crippen molar-refractivity contribution in [3.05, 3.63) is 27.7 Å². The topological polar surface area (TPSA) is 75.3 Å². The number of rotatable bonds is 5. The Morgan fingerprint density at radius 3 is 2.65 bits per heavy atom. The van der Waals surface area contributed by atoms with E-state index in [1.54, 1.807) is 0 Å². The number of amides is 1. The molecule has 1 unspecified atom stereocenters. The number of hydrogen-bond donors (Lipinski definition) is 2. The minimum absolute atomic E-state index is 0.0554. The molecule has 1 aromatic carbocycles. The Morgan fingerprint density at radius 1 is 1.45 bits per heavy atom. The van der Waals surface area contributed by atoms with Crippen LogP contribution < -0.4 is 10.0 Å². The van der Waals surface area contributed by atoms with Crippen molar-refractivity contribution < 1.29 is 13.2 Å². The van der Waals surface area contributed by atoms with Gasteiger partial charge in [0.25, 0.3) is 0 Å². The molecule has 1 atom stereocenters. The van der Waals surface area contributed by atoms with Gasteiger partial charge in [-0.25, -0.2) is 8.42 Å². The lowest BCUT2D eigenvalue weighted by molar-refractivity contribution is -0.122. The molecule has 2 N–H and O–H groups in total. The molecule has 8 heteroatoms. The van der Waals surface area contributed by atoms with Gasteiger partial charge in [-0.1, -0.05) is 11.6 Å². The van der Waals surface area contributed by atoms with E-state index in [0.717, 1.165) is 12.8 Å². The number of sulfonamides is 1. The molecule has 2 rings (SSSR count). The van der Waals surface area contributed by atoms with E-state index in [2.05, 4.69) is 26.0 Å². The highest BCUT2D eigenvalue weighted by atomic mass is 79.9. The van der Waals surface area contributed by atoms with Gasteiger partial charge in [0.2, 0.25) is 15.9 Å². The van der Waals surface area contributed by atoms with Crippen LogP contribution in [0.25, 0.3) is 0 Å². The van der Waals surface area contributed by atoms with Crippen LogP contribution in [0.1, 0.15) is 19.8 Å². The molecule has 1 aliphatic rings. The van der Waals surface area contributed by atoms with Crippen LogP contribution >= 0.6 is 27.5 Å². The second kappa shape index (κ2) is 6.01. The van der Waals surface area contributed by atoms with Gasteiger partial charge in [0.05, 0.1) is 16.0 Å². The van der Waals surface area contributed by atoms with Gasteiger partial charge in [0.1, 0.15) is 0 Å². The zero-order valence-corrected chi connectivity index (χ0v) is 13.8. The van der Waals surface area contributed by atoms with Crippen molar-refractivity contribution in [2.24, 2.45) is 0 Å². The van der Waals surface area contributed by atoms with Crippen molar-refractivity contribution >= 4 is 43.5 Å². The fourth-order valence-electron chi connectivity index (χ4n) is 1.55. The molecule has 1 fully saturated rings. The molecule has 0 heterocycles. The first kappa shape index (κ1) is 15.8. The van der Waals surface area contributed by atoms with Crippen molar-refractivity contribution in [1.82, 2.24) is 10.0 Å². The van der Waals surface area contributed by atoms with Gasteiger partial charge in [-0.3, -0.25) is 4.79 Å². The first-order valence-corrected chi connectivity index (χ1v) is 8.73. The second-order valence-corrected chi connectivity index (χ2v) is 7.68. The van der Waals surface area contributed by atoms with Gasteiger partial charge < -0.3 is 5.32 Å². The average Bonchev–Trinajstić information content (AvgIpc) is 3.15. The molecule has 0 spiro atoms. The van der Waals surface area contributed by atoms with Crippen molar-refractivity contribution in [3.63, 3.8) is 0 Å². The van der Waals surface area contributed by atoms with E-state index in [1.807, 2.05) is 0 Å². The lowest BCUT2D eigenvalue weighted by Gasteiger charge is -2.14. The summed E-state index contributed by atoms with van der Waals surface area (Å²) >= 11 is 9.00. The maximum absolute atomic E-state index is 12.2. The van der Waals surface area contributed by atoms with Gasteiger partial charge >= 0.3 is 0 Å². The Balaban J connectivity index is 2.09. The summed E-state index contributed by atoms with van der Waals surface area (Å²) in [4.78, 5) is 11.8. The predicted octanol–water partition coefficient (Wildman–Crippen LogP) is 2.05. The monoisotopic (exact) mass is 380 g/mol. The zero-order chi connectivity index (χ0) is 14.9. The standard InChI is InChI=1S/C12H14BrClN2O3S/c1-7(12(17)15-8-2-3-8)16-20(18,19)9-4-5-11(14)10(13)6-9/h4-8,16H,2-3H2,1H3,(H,15,17). The molecule has 1 amide bonds. The fourth-order valence-corrected chi connectivity index (χ4v) is 3.43. The van der Waals surface area contributed by atoms with Gasteiger partial charge in [0.15, 0.2) is 0 Å². The van der Waals surface area contributed by atoms with Crippen LogP contribution in [-0.2, 0) is 14.8 Å². The summed E-state index contributed by atoms with van der Waals surface area (Å²) < 4.78 is 27.1. The number of hydrogen-bond acceptors (Lipinski definition) is 3. The Labute approximate surface area is 131 Å². The van der Waals surface area contributed by atoms with Crippen molar-refractivity contribution in [3.8, 4) is 0 Å². The van der Waals surface area contributed by atoms with Crippen LogP contribution in [-0.4, -0.2) is 26.4 Å². The molecule has 0 aromatic heterocycles. The number of carbonyl (C=O) groups excluding carboxylic acids is 1. The highest BCUT2D eigenvalue weighted by Gasteiger charge is 2.28. The van der Waals surface area contributed by atoms with Crippen LogP contribution in [0, 0.1) is 0 Å². The molecule has 0 radical (unpaired) electrons. The summed E-state index contributed by atoms with van der Waals surface area (Å²) in [6.45, 7) is 1.51. The number of halogens is 2.